The second kappa shape index (κ2) is 11.9. The van der Waals surface area contributed by atoms with Crippen LogP contribution in [0.1, 0.15) is 10.4 Å². The van der Waals surface area contributed by atoms with Gasteiger partial charge in [0.2, 0.25) is 5.43 Å². The molecule has 0 aromatic heterocycles. The predicted molar refractivity (Wildman–Crippen MR) is 146 cm³/mol. The van der Waals surface area contributed by atoms with Crippen LogP contribution in [-0.2, 0) is 4.74 Å². The van der Waals surface area contributed by atoms with Crippen molar-refractivity contribution in [3.63, 3.8) is 0 Å². The van der Waals surface area contributed by atoms with Gasteiger partial charge in [0.15, 0.2) is 0 Å². The lowest BCUT2D eigenvalue weighted by Crippen LogP contribution is -2.36. The lowest BCUT2D eigenvalue weighted by molar-refractivity contribution is 0.0993. The number of nitrogens with zero attached hydrogens (tertiary/aromatic N) is 2. The van der Waals surface area contributed by atoms with Gasteiger partial charge in [0, 0.05) is 18.3 Å². The molecule has 2 N–H and O–H groups in total. The van der Waals surface area contributed by atoms with Crippen molar-refractivity contribution < 1.29 is 27.5 Å². The monoisotopic (exact) mass is 556 g/mol. The van der Waals surface area contributed by atoms with Gasteiger partial charge in [0.25, 0.3) is 12.3 Å². The molecule has 3 aromatic carbocycles. The van der Waals surface area contributed by atoms with Crippen LogP contribution in [-0.4, -0.2) is 49.7 Å². The first kappa shape index (κ1) is 27.6. The summed E-state index contributed by atoms with van der Waals surface area (Å²) in [5.74, 6) is -1.15. The van der Waals surface area contributed by atoms with E-state index in [0.717, 1.165) is 11.0 Å². The van der Waals surface area contributed by atoms with Crippen LogP contribution in [0.25, 0.3) is 0 Å². The molecule has 0 bridgehead atoms. The molecule has 0 unspecified atom stereocenters. The number of carbonyl (C=O) groups is 2. The van der Waals surface area contributed by atoms with Crippen LogP contribution in [0.2, 0.25) is 0 Å². The Hall–Kier alpha value is -4.45. The Morgan fingerprint density at radius 3 is 2.51 bits per heavy atom. The fourth-order valence-electron chi connectivity index (χ4n) is 3.85. The topological polar surface area (TPSA) is 91.0 Å². The number of ether oxygens (including phenoxy) is 1. The third-order valence-corrected chi connectivity index (χ3v) is 6.22. The number of carbonyl (C=O) groups excluding carboxylic acids is 2. The van der Waals surface area contributed by atoms with Gasteiger partial charge in [0.1, 0.15) is 16.9 Å². The summed E-state index contributed by atoms with van der Waals surface area (Å²) in [7, 11) is 1.60. The summed E-state index contributed by atoms with van der Waals surface area (Å²) in [5, 5.41) is 5.06. The highest BCUT2D eigenvalue weighted by molar-refractivity contribution is 7.80. The highest BCUT2D eigenvalue weighted by Gasteiger charge is 2.33. The average molecular weight is 557 g/mol. The Bertz CT molecular complexity index is 1460. The molecule has 39 heavy (non-hydrogen) atoms. The van der Waals surface area contributed by atoms with Crippen LogP contribution >= 0.6 is 12.2 Å². The minimum absolute atomic E-state index is 0.0104. The molecule has 4 rings (SSSR count). The number of alkyl halides is 2. The number of cyclic esters (lactones) is 1. The second-order valence-corrected chi connectivity index (χ2v) is 8.99. The Kier molecular flexibility index (Phi) is 8.45. The molecular weight excluding hydrogens is 533 g/mol. The van der Waals surface area contributed by atoms with Crippen LogP contribution in [0, 0.1) is 5.82 Å². The van der Waals surface area contributed by atoms with Crippen molar-refractivity contribution in [1.82, 2.24) is 5.32 Å². The number of hydrogen-bond donors (Lipinski definition) is 2. The predicted octanol–water partition coefficient (Wildman–Crippen LogP) is 4.71. The third kappa shape index (κ3) is 6.52. The Morgan fingerprint density at radius 1 is 1.08 bits per heavy atom. The molecule has 1 heterocycles. The van der Waals surface area contributed by atoms with Gasteiger partial charge >= 0.3 is 6.09 Å². The number of rotatable bonds is 8. The number of hydrogen-bond acceptors (Lipinski definition) is 6. The molecule has 0 spiro atoms. The van der Waals surface area contributed by atoms with Crippen molar-refractivity contribution in [2.75, 3.05) is 35.3 Å². The molecule has 1 saturated heterocycles. The first-order chi connectivity index (χ1) is 18.6. The van der Waals surface area contributed by atoms with Gasteiger partial charge in [-0.1, -0.05) is 36.5 Å². The molecule has 12 heteroatoms. The summed E-state index contributed by atoms with van der Waals surface area (Å²) in [5.41, 5.74) is 0.461. The van der Waals surface area contributed by atoms with Crippen molar-refractivity contribution in [3.05, 3.63) is 94.4 Å². The standard InChI is InChI=1S/C27H23F3N4O4S/c1-33(17-7-3-2-4-8-17)26(36)16-6-5-9-23(35)22(12-16)32-21-11-10-18(13-20(21)28)34-15-19(38-27(34)37)14-31-25(39)24(29)30/h2-13,19,24H,14-15H2,1H3,(H,31,39)(H,32,35)/t19-/m0/s1. The lowest BCUT2D eigenvalue weighted by Gasteiger charge is -2.17. The zero-order valence-corrected chi connectivity index (χ0v) is 21.4. The molecule has 1 atom stereocenters. The van der Waals surface area contributed by atoms with Gasteiger partial charge in [-0.2, -0.15) is 0 Å². The minimum atomic E-state index is -2.83. The Labute approximate surface area is 227 Å². The summed E-state index contributed by atoms with van der Waals surface area (Å²) < 4.78 is 45.3. The van der Waals surface area contributed by atoms with E-state index < -0.39 is 34.9 Å². The van der Waals surface area contributed by atoms with Crippen LogP contribution in [0.3, 0.4) is 0 Å². The summed E-state index contributed by atoms with van der Waals surface area (Å²) in [4.78, 5) is 39.9. The number of halogens is 3. The van der Waals surface area contributed by atoms with Gasteiger partial charge in [0.05, 0.1) is 30.2 Å². The Balaban J connectivity index is 1.50. The maximum absolute atomic E-state index is 15.1. The van der Waals surface area contributed by atoms with Gasteiger partial charge < -0.3 is 20.3 Å². The van der Waals surface area contributed by atoms with Crippen molar-refractivity contribution in [1.29, 1.82) is 0 Å². The molecule has 1 aliphatic rings. The van der Waals surface area contributed by atoms with Gasteiger partial charge in [-0.25, -0.2) is 18.0 Å². The fraction of sp³-hybridized carbons (Fsp3) is 0.185. The van der Waals surface area contributed by atoms with E-state index in [1.54, 1.807) is 31.3 Å². The van der Waals surface area contributed by atoms with Crippen LogP contribution in [0.4, 0.5) is 40.7 Å². The number of amides is 2. The maximum atomic E-state index is 15.1. The van der Waals surface area contributed by atoms with E-state index in [1.807, 2.05) is 6.07 Å². The molecule has 8 nitrogen and oxygen atoms in total. The molecule has 1 aliphatic heterocycles. The van der Waals surface area contributed by atoms with Gasteiger partial charge in [-0.05, 0) is 48.5 Å². The number of anilines is 4. The molecule has 1 fully saturated rings. The normalized spacial score (nSPS) is 14.6. The SMILES string of the molecule is CN(C(=O)c1cccc(=O)c(Nc2ccc(N3C[C@H](CNC(=S)C(F)F)OC3=O)cc2F)c1)c1ccccc1. The first-order valence-electron chi connectivity index (χ1n) is 11.7. The van der Waals surface area contributed by atoms with E-state index in [9.17, 15) is 23.2 Å². The minimum Gasteiger partial charge on any atom is -0.442 e. The van der Waals surface area contributed by atoms with Gasteiger partial charge in [-0.3, -0.25) is 14.5 Å². The molecular formula is C27H23F3N4O4S. The molecule has 3 aromatic rings. The van der Waals surface area contributed by atoms with Gasteiger partial charge in [-0.15, -0.1) is 0 Å². The number of benzene rings is 2. The summed E-state index contributed by atoms with van der Waals surface area (Å²) >= 11 is 4.51. The second-order valence-electron chi connectivity index (χ2n) is 8.55. The zero-order valence-electron chi connectivity index (χ0n) is 20.6. The molecule has 0 radical (unpaired) electrons. The highest BCUT2D eigenvalue weighted by atomic mass is 32.1. The smallest absolute Gasteiger partial charge is 0.414 e. The lowest BCUT2D eigenvalue weighted by atomic mass is 10.2. The molecule has 0 saturated carbocycles. The number of thiocarbonyl (C=S) groups is 1. The van der Waals surface area contributed by atoms with Crippen molar-refractivity contribution >= 4 is 52.0 Å². The van der Waals surface area contributed by atoms with E-state index in [1.165, 1.54) is 41.3 Å². The van der Waals surface area contributed by atoms with E-state index >= 15 is 4.39 Å². The van der Waals surface area contributed by atoms with Crippen LogP contribution < -0.4 is 25.9 Å². The molecule has 0 aliphatic carbocycles. The largest absolute Gasteiger partial charge is 0.442 e. The first-order valence-corrected chi connectivity index (χ1v) is 12.1. The number of nitrogens with one attached hydrogen (secondary N) is 2. The van der Waals surface area contributed by atoms with E-state index in [0.29, 0.717) is 5.69 Å². The summed E-state index contributed by atoms with van der Waals surface area (Å²) in [6, 6.07) is 18.3. The quantitative estimate of drug-likeness (QED) is 0.389. The van der Waals surface area contributed by atoms with Crippen molar-refractivity contribution in [2.45, 2.75) is 12.5 Å². The highest BCUT2D eigenvalue weighted by Crippen LogP contribution is 2.27. The maximum Gasteiger partial charge on any atom is 0.414 e. The van der Waals surface area contributed by atoms with Crippen molar-refractivity contribution in [2.24, 2.45) is 0 Å². The van der Waals surface area contributed by atoms with E-state index in [-0.39, 0.29) is 41.6 Å². The third-order valence-electron chi connectivity index (χ3n) is 5.89. The van der Waals surface area contributed by atoms with E-state index in [2.05, 4.69) is 22.9 Å². The molecule has 2 amide bonds. The van der Waals surface area contributed by atoms with E-state index in [4.69, 9.17) is 4.74 Å². The van der Waals surface area contributed by atoms with Crippen LogP contribution in [0.15, 0.2) is 77.6 Å². The fourth-order valence-corrected chi connectivity index (χ4v) is 3.93. The van der Waals surface area contributed by atoms with Crippen molar-refractivity contribution in [3.8, 4) is 0 Å². The Morgan fingerprint density at radius 2 is 1.82 bits per heavy atom. The average Bonchev–Trinajstić information content (AvgIpc) is 3.20. The summed E-state index contributed by atoms with van der Waals surface area (Å²) in [6.45, 7) is -0.130. The zero-order chi connectivity index (χ0) is 28.1. The van der Waals surface area contributed by atoms with Crippen LogP contribution in [0.5, 0.6) is 0 Å². The number of para-hydroxylation sites is 1. The summed E-state index contributed by atoms with van der Waals surface area (Å²) in [6.07, 6.45) is -4.37. The molecule has 202 valence electrons.